The van der Waals surface area contributed by atoms with Crippen molar-refractivity contribution in [3.05, 3.63) is 45.6 Å². The van der Waals surface area contributed by atoms with Gasteiger partial charge in [-0.2, -0.15) is 11.3 Å². The van der Waals surface area contributed by atoms with E-state index in [1.54, 1.807) is 17.4 Å². The van der Waals surface area contributed by atoms with E-state index in [1.807, 2.05) is 16.8 Å². The first-order valence-corrected chi connectivity index (χ1v) is 8.35. The van der Waals surface area contributed by atoms with Crippen LogP contribution in [0.2, 0.25) is 5.02 Å². The molecule has 0 aliphatic heterocycles. The summed E-state index contributed by atoms with van der Waals surface area (Å²) in [5.41, 5.74) is 6.96. The Morgan fingerprint density at radius 2 is 2.11 bits per heavy atom. The fourth-order valence-corrected chi connectivity index (χ4v) is 3.71. The van der Waals surface area contributed by atoms with Crippen molar-refractivity contribution in [1.29, 1.82) is 0 Å². The zero-order valence-electron chi connectivity index (χ0n) is 9.97. The summed E-state index contributed by atoms with van der Waals surface area (Å²) >= 11 is 7.38. The van der Waals surface area contributed by atoms with Gasteiger partial charge in [-0.1, -0.05) is 11.6 Å². The van der Waals surface area contributed by atoms with Gasteiger partial charge in [0.05, 0.1) is 5.69 Å². The normalized spacial score (nSPS) is 11.6. The van der Waals surface area contributed by atoms with Crippen LogP contribution in [0.1, 0.15) is 5.56 Å². The summed E-state index contributed by atoms with van der Waals surface area (Å²) in [7, 11) is -3.62. The second kappa shape index (κ2) is 5.92. The minimum Gasteiger partial charge on any atom is -0.398 e. The number of nitrogens with two attached hydrogens (primary N) is 1. The number of nitrogens with one attached hydrogen (secondary N) is 1. The number of hydrogen-bond donors (Lipinski definition) is 2. The summed E-state index contributed by atoms with van der Waals surface area (Å²) in [6.07, 6.45) is 0.642. The Morgan fingerprint density at radius 3 is 2.79 bits per heavy atom. The van der Waals surface area contributed by atoms with Crippen molar-refractivity contribution in [2.45, 2.75) is 11.3 Å². The molecule has 2 rings (SSSR count). The molecule has 102 valence electrons. The molecule has 7 heteroatoms. The van der Waals surface area contributed by atoms with Gasteiger partial charge in [-0.15, -0.1) is 0 Å². The van der Waals surface area contributed by atoms with Crippen molar-refractivity contribution in [3.8, 4) is 0 Å². The molecular weight excluding hydrogens is 304 g/mol. The van der Waals surface area contributed by atoms with E-state index in [0.29, 0.717) is 18.0 Å². The maximum atomic E-state index is 12.1. The maximum Gasteiger partial charge on any atom is 0.242 e. The minimum atomic E-state index is -3.62. The zero-order chi connectivity index (χ0) is 13.9. The summed E-state index contributed by atoms with van der Waals surface area (Å²) in [6.45, 7) is 0.324. The SMILES string of the molecule is Nc1ccc(Cl)cc1S(=O)(=O)NCCc1ccsc1. The molecule has 0 atom stereocenters. The van der Waals surface area contributed by atoms with Gasteiger partial charge in [0.25, 0.3) is 0 Å². The molecule has 1 aromatic carbocycles. The molecule has 0 aliphatic carbocycles. The van der Waals surface area contributed by atoms with E-state index >= 15 is 0 Å². The molecule has 0 aliphatic rings. The number of anilines is 1. The van der Waals surface area contributed by atoms with Crippen molar-refractivity contribution < 1.29 is 8.42 Å². The van der Waals surface area contributed by atoms with Crippen molar-refractivity contribution in [1.82, 2.24) is 4.72 Å². The molecule has 0 radical (unpaired) electrons. The van der Waals surface area contributed by atoms with E-state index in [9.17, 15) is 8.42 Å². The molecule has 0 saturated heterocycles. The van der Waals surface area contributed by atoms with Gasteiger partial charge >= 0.3 is 0 Å². The molecule has 19 heavy (non-hydrogen) atoms. The van der Waals surface area contributed by atoms with Gasteiger partial charge in [0.15, 0.2) is 0 Å². The number of benzene rings is 1. The van der Waals surface area contributed by atoms with Crippen molar-refractivity contribution in [2.24, 2.45) is 0 Å². The van der Waals surface area contributed by atoms with Crippen LogP contribution in [-0.4, -0.2) is 15.0 Å². The van der Waals surface area contributed by atoms with Crippen LogP contribution in [0.4, 0.5) is 5.69 Å². The van der Waals surface area contributed by atoms with Gasteiger partial charge in [-0.05, 0) is 47.0 Å². The molecule has 1 aromatic heterocycles. The Balaban J connectivity index is 2.07. The monoisotopic (exact) mass is 316 g/mol. The highest BCUT2D eigenvalue weighted by molar-refractivity contribution is 7.89. The lowest BCUT2D eigenvalue weighted by Gasteiger charge is -2.09. The van der Waals surface area contributed by atoms with Crippen LogP contribution in [0, 0.1) is 0 Å². The fraction of sp³-hybridized carbons (Fsp3) is 0.167. The Bertz CT molecular complexity index is 654. The third-order valence-electron chi connectivity index (χ3n) is 2.55. The van der Waals surface area contributed by atoms with Crippen LogP contribution < -0.4 is 10.5 Å². The summed E-state index contributed by atoms with van der Waals surface area (Å²) in [4.78, 5) is 0.0188. The number of hydrogen-bond acceptors (Lipinski definition) is 4. The standard InChI is InChI=1S/C12H13ClN2O2S2/c13-10-1-2-11(14)12(7-10)19(16,17)15-5-3-9-4-6-18-8-9/h1-2,4,6-8,15H,3,5,14H2. The first kappa shape index (κ1) is 14.3. The van der Waals surface area contributed by atoms with Crippen molar-refractivity contribution in [2.75, 3.05) is 12.3 Å². The summed E-state index contributed by atoms with van der Waals surface area (Å²) in [6, 6.07) is 6.35. The fourth-order valence-electron chi connectivity index (χ4n) is 1.58. The van der Waals surface area contributed by atoms with Gasteiger partial charge < -0.3 is 5.73 Å². The third-order valence-corrected chi connectivity index (χ3v) is 5.03. The number of nitrogen functional groups attached to an aromatic ring is 1. The van der Waals surface area contributed by atoms with Crippen LogP contribution >= 0.6 is 22.9 Å². The summed E-state index contributed by atoms with van der Waals surface area (Å²) in [5.74, 6) is 0. The first-order valence-electron chi connectivity index (χ1n) is 5.55. The zero-order valence-corrected chi connectivity index (χ0v) is 12.4. The maximum absolute atomic E-state index is 12.1. The van der Waals surface area contributed by atoms with Gasteiger partial charge in [-0.3, -0.25) is 0 Å². The second-order valence-corrected chi connectivity index (χ2v) is 6.91. The van der Waals surface area contributed by atoms with Crippen molar-refractivity contribution in [3.63, 3.8) is 0 Å². The predicted molar refractivity (Wildman–Crippen MR) is 79.1 cm³/mol. The minimum absolute atomic E-state index is 0.0188. The average molecular weight is 317 g/mol. The highest BCUT2D eigenvalue weighted by Crippen LogP contribution is 2.22. The van der Waals surface area contributed by atoms with Crippen molar-refractivity contribution >= 4 is 38.6 Å². The highest BCUT2D eigenvalue weighted by Gasteiger charge is 2.17. The molecule has 4 nitrogen and oxygen atoms in total. The molecule has 1 heterocycles. The molecule has 0 unspecified atom stereocenters. The Hall–Kier alpha value is -1.08. The average Bonchev–Trinajstić information content (AvgIpc) is 2.85. The molecular formula is C12H13ClN2O2S2. The number of thiophene rings is 1. The van der Waals surface area contributed by atoms with E-state index in [2.05, 4.69) is 4.72 Å². The van der Waals surface area contributed by atoms with E-state index in [4.69, 9.17) is 17.3 Å². The second-order valence-electron chi connectivity index (χ2n) is 3.96. The van der Waals surface area contributed by atoms with E-state index in [-0.39, 0.29) is 10.6 Å². The Morgan fingerprint density at radius 1 is 1.32 bits per heavy atom. The van der Waals surface area contributed by atoms with Gasteiger partial charge in [0.2, 0.25) is 10.0 Å². The van der Waals surface area contributed by atoms with E-state index < -0.39 is 10.0 Å². The molecule has 0 saturated carbocycles. The lowest BCUT2D eigenvalue weighted by atomic mass is 10.2. The molecule has 2 aromatic rings. The Labute approximate surface area is 121 Å². The van der Waals surface area contributed by atoms with E-state index in [1.165, 1.54) is 12.1 Å². The largest absolute Gasteiger partial charge is 0.398 e. The van der Waals surface area contributed by atoms with E-state index in [0.717, 1.165) is 5.56 Å². The molecule has 0 amide bonds. The number of rotatable bonds is 5. The van der Waals surface area contributed by atoms with Crippen LogP contribution in [-0.2, 0) is 16.4 Å². The number of sulfonamides is 1. The van der Waals surface area contributed by atoms with Gasteiger partial charge in [0.1, 0.15) is 4.90 Å². The summed E-state index contributed by atoms with van der Waals surface area (Å²) in [5, 5.41) is 4.29. The lowest BCUT2D eigenvalue weighted by molar-refractivity contribution is 0.582. The van der Waals surface area contributed by atoms with Crippen LogP contribution in [0.15, 0.2) is 39.9 Å². The molecule has 0 fully saturated rings. The van der Waals surface area contributed by atoms with Gasteiger partial charge in [-0.25, -0.2) is 13.1 Å². The molecule has 0 bridgehead atoms. The highest BCUT2D eigenvalue weighted by atomic mass is 35.5. The quantitative estimate of drug-likeness (QED) is 0.832. The summed E-state index contributed by atoms with van der Waals surface area (Å²) < 4.78 is 26.7. The van der Waals surface area contributed by atoms with Crippen LogP contribution in [0.3, 0.4) is 0 Å². The molecule has 0 spiro atoms. The topological polar surface area (TPSA) is 72.2 Å². The smallest absolute Gasteiger partial charge is 0.242 e. The van der Waals surface area contributed by atoms with Gasteiger partial charge in [0, 0.05) is 11.6 Å². The Kier molecular flexibility index (Phi) is 4.46. The first-order chi connectivity index (χ1) is 8.99. The molecule has 3 N–H and O–H groups in total. The predicted octanol–water partition coefficient (Wildman–Crippen LogP) is 2.50. The third kappa shape index (κ3) is 3.70. The lowest BCUT2D eigenvalue weighted by Crippen LogP contribution is -2.26. The van der Waals surface area contributed by atoms with Crippen LogP contribution in [0.5, 0.6) is 0 Å². The van der Waals surface area contributed by atoms with Crippen LogP contribution in [0.25, 0.3) is 0 Å². The number of halogens is 1.